The second-order valence-corrected chi connectivity index (χ2v) is 9.46. The zero-order valence-corrected chi connectivity index (χ0v) is 19.7. The first-order valence-corrected chi connectivity index (χ1v) is 12.0. The minimum Gasteiger partial charge on any atom is -0.383 e. The molecule has 174 valence electrons. The summed E-state index contributed by atoms with van der Waals surface area (Å²) in [5.74, 6) is 0.896. The molecule has 0 fully saturated rings. The summed E-state index contributed by atoms with van der Waals surface area (Å²) >= 11 is 1.55. The fourth-order valence-corrected chi connectivity index (χ4v) is 5.29. The minimum absolute atomic E-state index is 0.145. The van der Waals surface area contributed by atoms with Crippen molar-refractivity contribution in [1.29, 1.82) is 0 Å². The molecule has 0 radical (unpaired) electrons. The van der Waals surface area contributed by atoms with Crippen molar-refractivity contribution in [2.24, 2.45) is 0 Å². The summed E-state index contributed by atoms with van der Waals surface area (Å²) in [5.41, 5.74) is 10.1. The highest BCUT2D eigenvalue weighted by atomic mass is 32.1. The number of nitrogen functional groups attached to an aromatic ring is 1. The standard InChI is InChI=1S/C25H21N7O2S/c1-14(24-28-6-2-7-29-24)32(11-22-30-20-10-27-8-5-21(20)35-22)25(33)15-3-4-19-16(9-15)17-12-34-13-18(17)23(26)31-19/h2-10,14H,11-13H2,1H3,(H2,26,31). The SMILES string of the molecule is CC(c1ncccn1)N(Cc1nc2cnccc2s1)C(=O)c1ccc2nc(N)c3c(c2c1)COC3. The molecule has 9 nitrogen and oxygen atoms in total. The van der Waals surface area contributed by atoms with Gasteiger partial charge < -0.3 is 15.4 Å². The van der Waals surface area contributed by atoms with Crippen LogP contribution in [0.1, 0.15) is 45.3 Å². The van der Waals surface area contributed by atoms with Crippen LogP contribution < -0.4 is 5.73 Å². The number of carbonyl (C=O) groups is 1. The summed E-state index contributed by atoms with van der Waals surface area (Å²) < 4.78 is 6.64. The van der Waals surface area contributed by atoms with Gasteiger partial charge in [-0.25, -0.2) is 19.9 Å². The average molecular weight is 484 g/mol. The molecular weight excluding hydrogens is 462 g/mol. The number of anilines is 1. The number of hydrogen-bond acceptors (Lipinski definition) is 9. The number of aromatic nitrogens is 5. The van der Waals surface area contributed by atoms with Crippen molar-refractivity contribution in [3.63, 3.8) is 0 Å². The molecule has 0 saturated heterocycles. The van der Waals surface area contributed by atoms with Gasteiger partial charge in [-0.15, -0.1) is 11.3 Å². The Labute approximate surface area is 204 Å². The van der Waals surface area contributed by atoms with Crippen LogP contribution in [0.5, 0.6) is 0 Å². The number of nitrogens with two attached hydrogens (primary N) is 1. The largest absolute Gasteiger partial charge is 0.383 e. The smallest absolute Gasteiger partial charge is 0.254 e. The van der Waals surface area contributed by atoms with E-state index in [9.17, 15) is 4.79 Å². The molecule has 6 rings (SSSR count). The lowest BCUT2D eigenvalue weighted by molar-refractivity contribution is 0.0666. The minimum atomic E-state index is -0.372. The molecule has 5 heterocycles. The van der Waals surface area contributed by atoms with E-state index in [0.717, 1.165) is 37.3 Å². The van der Waals surface area contributed by atoms with Crippen LogP contribution in [0.15, 0.2) is 55.1 Å². The Bertz CT molecular complexity index is 1540. The van der Waals surface area contributed by atoms with E-state index in [0.29, 0.717) is 37.0 Å². The fraction of sp³-hybridized carbons (Fsp3) is 0.200. The molecule has 0 saturated carbocycles. The Hall–Kier alpha value is -4.02. The number of benzene rings is 1. The van der Waals surface area contributed by atoms with Crippen molar-refractivity contribution in [2.75, 3.05) is 5.73 Å². The van der Waals surface area contributed by atoms with E-state index in [4.69, 9.17) is 15.5 Å². The van der Waals surface area contributed by atoms with Gasteiger partial charge in [0.2, 0.25) is 0 Å². The second kappa shape index (κ2) is 8.64. The van der Waals surface area contributed by atoms with Crippen LogP contribution in [-0.2, 0) is 24.5 Å². The molecule has 1 unspecified atom stereocenters. The lowest BCUT2D eigenvalue weighted by atomic mass is 10.0. The van der Waals surface area contributed by atoms with E-state index in [2.05, 4.69) is 19.9 Å². The predicted octanol–water partition coefficient (Wildman–Crippen LogP) is 4.05. The van der Waals surface area contributed by atoms with Gasteiger partial charge in [0.05, 0.1) is 47.7 Å². The van der Waals surface area contributed by atoms with Crippen molar-refractivity contribution >= 4 is 44.2 Å². The molecule has 0 spiro atoms. The Morgan fingerprint density at radius 2 is 1.94 bits per heavy atom. The monoisotopic (exact) mass is 483 g/mol. The first kappa shape index (κ1) is 21.5. The Kier molecular flexibility index (Phi) is 5.31. The van der Waals surface area contributed by atoms with E-state index < -0.39 is 0 Å². The molecule has 0 aliphatic carbocycles. The molecule has 1 atom stereocenters. The van der Waals surface area contributed by atoms with E-state index in [1.807, 2.05) is 25.1 Å². The molecule has 1 aromatic carbocycles. The van der Waals surface area contributed by atoms with Crippen LogP contribution in [0.4, 0.5) is 5.82 Å². The van der Waals surface area contributed by atoms with Gasteiger partial charge in [-0.1, -0.05) is 0 Å². The maximum atomic E-state index is 13.9. The van der Waals surface area contributed by atoms with Gasteiger partial charge in [-0.05, 0) is 42.8 Å². The highest BCUT2D eigenvalue weighted by Gasteiger charge is 2.27. The number of hydrogen-bond donors (Lipinski definition) is 1. The van der Waals surface area contributed by atoms with Crippen LogP contribution >= 0.6 is 11.3 Å². The van der Waals surface area contributed by atoms with E-state index in [1.54, 1.807) is 53.2 Å². The van der Waals surface area contributed by atoms with E-state index in [-0.39, 0.29) is 11.9 Å². The summed E-state index contributed by atoms with van der Waals surface area (Å²) in [6, 6.07) is 8.81. The van der Waals surface area contributed by atoms with Crippen molar-refractivity contribution in [2.45, 2.75) is 32.7 Å². The van der Waals surface area contributed by atoms with Gasteiger partial charge >= 0.3 is 0 Å². The Balaban J connectivity index is 1.41. The molecule has 1 amide bonds. The van der Waals surface area contributed by atoms with Gasteiger partial charge in [-0.3, -0.25) is 9.78 Å². The Morgan fingerprint density at radius 1 is 1.11 bits per heavy atom. The third-order valence-electron chi connectivity index (χ3n) is 6.20. The van der Waals surface area contributed by atoms with E-state index in [1.165, 1.54) is 0 Å². The predicted molar refractivity (Wildman–Crippen MR) is 132 cm³/mol. The number of fused-ring (bicyclic) bond motifs is 4. The number of pyridine rings is 2. The molecule has 35 heavy (non-hydrogen) atoms. The number of ether oxygens (including phenoxy) is 1. The molecule has 1 aliphatic heterocycles. The first-order chi connectivity index (χ1) is 17.1. The Morgan fingerprint density at radius 3 is 2.77 bits per heavy atom. The molecule has 1 aliphatic rings. The molecule has 0 bridgehead atoms. The van der Waals surface area contributed by atoms with Gasteiger partial charge in [0.1, 0.15) is 16.6 Å². The summed E-state index contributed by atoms with van der Waals surface area (Å²) in [6.07, 6.45) is 6.84. The molecule has 10 heteroatoms. The van der Waals surface area contributed by atoms with Gasteiger partial charge in [0.25, 0.3) is 5.91 Å². The maximum Gasteiger partial charge on any atom is 0.254 e. The molecule has 5 aromatic rings. The van der Waals surface area contributed by atoms with Crippen LogP contribution in [0.2, 0.25) is 0 Å². The molecular formula is C25H21N7O2S. The third-order valence-corrected chi connectivity index (χ3v) is 7.22. The van der Waals surface area contributed by atoms with Crippen LogP contribution in [0, 0.1) is 0 Å². The zero-order valence-electron chi connectivity index (χ0n) is 18.9. The van der Waals surface area contributed by atoms with Crippen molar-refractivity contribution in [3.8, 4) is 0 Å². The van der Waals surface area contributed by atoms with Gasteiger partial charge in [0.15, 0.2) is 0 Å². The fourth-order valence-electron chi connectivity index (χ4n) is 4.36. The van der Waals surface area contributed by atoms with E-state index >= 15 is 0 Å². The normalized spacial score (nSPS) is 13.7. The maximum absolute atomic E-state index is 13.9. The average Bonchev–Trinajstić information content (AvgIpc) is 3.55. The third kappa shape index (κ3) is 3.86. The first-order valence-electron chi connectivity index (χ1n) is 11.1. The zero-order chi connectivity index (χ0) is 23.9. The topological polar surface area (TPSA) is 120 Å². The quantitative estimate of drug-likeness (QED) is 0.398. The molecule has 4 aromatic heterocycles. The number of rotatable bonds is 5. The highest BCUT2D eigenvalue weighted by molar-refractivity contribution is 7.18. The molecule has 2 N–H and O–H groups in total. The number of amides is 1. The van der Waals surface area contributed by atoms with Crippen molar-refractivity contribution in [1.82, 2.24) is 29.8 Å². The number of carbonyl (C=O) groups excluding carboxylic acids is 1. The van der Waals surface area contributed by atoms with Crippen molar-refractivity contribution in [3.05, 3.63) is 82.6 Å². The summed E-state index contributed by atoms with van der Waals surface area (Å²) in [7, 11) is 0. The highest BCUT2D eigenvalue weighted by Crippen LogP contribution is 2.33. The van der Waals surface area contributed by atoms with Crippen LogP contribution in [-0.4, -0.2) is 35.7 Å². The lowest BCUT2D eigenvalue weighted by Gasteiger charge is -2.27. The summed E-state index contributed by atoms with van der Waals surface area (Å²) in [5, 5.41) is 1.70. The lowest BCUT2D eigenvalue weighted by Crippen LogP contribution is -2.34. The van der Waals surface area contributed by atoms with Crippen LogP contribution in [0.3, 0.4) is 0 Å². The summed E-state index contributed by atoms with van der Waals surface area (Å²) in [4.78, 5) is 37.8. The van der Waals surface area contributed by atoms with Gasteiger partial charge in [0, 0.05) is 35.1 Å². The second-order valence-electron chi connectivity index (χ2n) is 8.35. The number of nitrogens with zero attached hydrogens (tertiary/aromatic N) is 6. The van der Waals surface area contributed by atoms with Crippen LogP contribution in [0.25, 0.3) is 21.1 Å². The summed E-state index contributed by atoms with van der Waals surface area (Å²) in [6.45, 7) is 3.13. The van der Waals surface area contributed by atoms with Crippen molar-refractivity contribution < 1.29 is 9.53 Å². The van der Waals surface area contributed by atoms with Gasteiger partial charge in [-0.2, -0.15) is 0 Å². The number of thiazole rings is 1.